The van der Waals surface area contributed by atoms with Gasteiger partial charge in [-0.05, 0) is 18.3 Å². The summed E-state index contributed by atoms with van der Waals surface area (Å²) in [5.41, 5.74) is 0. The summed E-state index contributed by atoms with van der Waals surface area (Å²) in [5.74, 6) is 1.92. The highest BCUT2D eigenvalue weighted by Gasteiger charge is 2.23. The number of nitrogens with zero attached hydrogens (tertiary/aromatic N) is 1. The number of hydrogen-bond acceptors (Lipinski definition) is 1. The first kappa shape index (κ1) is 10.0. The Morgan fingerprint density at radius 3 is 2.42 bits per heavy atom. The summed E-state index contributed by atoms with van der Waals surface area (Å²) in [6.07, 6.45) is 4.13. The first-order valence-corrected chi connectivity index (χ1v) is 5.48. The molecule has 0 bridgehead atoms. The van der Waals surface area contributed by atoms with E-state index in [4.69, 9.17) is 0 Å². The maximum absolute atomic E-state index is 2.61. The Morgan fingerprint density at radius 1 is 1.33 bits per heavy atom. The van der Waals surface area contributed by atoms with E-state index >= 15 is 0 Å². The second-order valence-corrected chi connectivity index (χ2v) is 4.39. The zero-order valence-electron chi connectivity index (χ0n) is 8.84. The number of rotatable bonds is 5. The summed E-state index contributed by atoms with van der Waals surface area (Å²) >= 11 is 0. The molecule has 0 amide bonds. The molecule has 0 aromatic rings. The minimum atomic E-state index is 0.961. The van der Waals surface area contributed by atoms with Crippen LogP contribution in [0.4, 0.5) is 0 Å². The third kappa shape index (κ3) is 2.78. The quantitative estimate of drug-likeness (QED) is 0.611. The molecular formula is C11H23N. The summed E-state index contributed by atoms with van der Waals surface area (Å²) in [4.78, 5) is 2.61. The topological polar surface area (TPSA) is 3.24 Å². The molecule has 1 atom stereocenters. The molecule has 1 aliphatic rings. The maximum atomic E-state index is 2.61. The molecule has 0 aromatic carbocycles. The zero-order valence-corrected chi connectivity index (χ0v) is 8.84. The van der Waals surface area contributed by atoms with Gasteiger partial charge in [0.25, 0.3) is 0 Å². The zero-order chi connectivity index (χ0) is 8.97. The van der Waals surface area contributed by atoms with Crippen molar-refractivity contribution >= 4 is 0 Å². The van der Waals surface area contributed by atoms with Crippen molar-refractivity contribution in [1.29, 1.82) is 0 Å². The normalized spacial score (nSPS) is 22.2. The molecule has 1 aliphatic heterocycles. The van der Waals surface area contributed by atoms with E-state index in [-0.39, 0.29) is 0 Å². The average Bonchev–Trinajstić information content (AvgIpc) is 2.00. The van der Waals surface area contributed by atoms with Crippen LogP contribution in [-0.4, -0.2) is 24.5 Å². The lowest BCUT2D eigenvalue weighted by Gasteiger charge is -2.39. The van der Waals surface area contributed by atoms with Crippen molar-refractivity contribution in [2.24, 2.45) is 11.8 Å². The van der Waals surface area contributed by atoms with E-state index in [1.165, 1.54) is 38.9 Å². The Kier molecular flexibility index (Phi) is 4.07. The van der Waals surface area contributed by atoms with E-state index in [0.29, 0.717) is 0 Å². The van der Waals surface area contributed by atoms with Gasteiger partial charge in [0.2, 0.25) is 0 Å². The predicted molar refractivity (Wildman–Crippen MR) is 54.3 cm³/mol. The molecule has 0 N–H and O–H groups in total. The Hall–Kier alpha value is -0.0400. The van der Waals surface area contributed by atoms with E-state index in [1.807, 2.05) is 0 Å². The Labute approximate surface area is 77.1 Å². The van der Waals surface area contributed by atoms with Crippen LogP contribution in [0.25, 0.3) is 0 Å². The Balaban J connectivity index is 2.10. The van der Waals surface area contributed by atoms with Crippen molar-refractivity contribution in [3.63, 3.8) is 0 Å². The van der Waals surface area contributed by atoms with Gasteiger partial charge >= 0.3 is 0 Å². The molecule has 1 rings (SSSR count). The number of likely N-dealkylation sites (tertiary alicyclic amines) is 1. The van der Waals surface area contributed by atoms with Gasteiger partial charge < -0.3 is 4.90 Å². The minimum Gasteiger partial charge on any atom is -0.302 e. The van der Waals surface area contributed by atoms with Gasteiger partial charge in [0.15, 0.2) is 0 Å². The fraction of sp³-hybridized carbons (Fsp3) is 1.00. The molecule has 72 valence electrons. The van der Waals surface area contributed by atoms with Crippen LogP contribution >= 0.6 is 0 Å². The molecule has 1 heteroatoms. The molecule has 0 radical (unpaired) electrons. The highest BCUT2D eigenvalue weighted by atomic mass is 15.2. The van der Waals surface area contributed by atoms with Crippen LogP contribution in [0.1, 0.15) is 40.0 Å². The van der Waals surface area contributed by atoms with Crippen LogP contribution in [0, 0.1) is 11.8 Å². The van der Waals surface area contributed by atoms with Crippen LogP contribution < -0.4 is 0 Å². The van der Waals surface area contributed by atoms with Crippen LogP contribution in [0.15, 0.2) is 0 Å². The molecule has 1 heterocycles. The number of hydrogen-bond donors (Lipinski definition) is 0. The largest absolute Gasteiger partial charge is 0.302 e. The van der Waals surface area contributed by atoms with Crippen molar-refractivity contribution in [2.75, 3.05) is 19.6 Å². The molecule has 0 saturated carbocycles. The van der Waals surface area contributed by atoms with E-state index < -0.39 is 0 Å². The average molecular weight is 169 g/mol. The summed E-state index contributed by atoms with van der Waals surface area (Å²) in [6.45, 7) is 11.0. The van der Waals surface area contributed by atoms with Gasteiger partial charge in [-0.25, -0.2) is 0 Å². The minimum absolute atomic E-state index is 0.961. The smallest absolute Gasteiger partial charge is 0.00195 e. The summed E-state index contributed by atoms with van der Waals surface area (Å²) in [6, 6.07) is 0. The van der Waals surface area contributed by atoms with Crippen LogP contribution in [-0.2, 0) is 0 Å². The van der Waals surface area contributed by atoms with Crippen molar-refractivity contribution in [3.8, 4) is 0 Å². The summed E-state index contributed by atoms with van der Waals surface area (Å²) < 4.78 is 0. The molecule has 0 aliphatic carbocycles. The third-order valence-electron chi connectivity index (χ3n) is 2.93. The van der Waals surface area contributed by atoms with E-state index in [9.17, 15) is 0 Å². The predicted octanol–water partition coefficient (Wildman–Crippen LogP) is 2.76. The van der Waals surface area contributed by atoms with Gasteiger partial charge in [-0.1, -0.05) is 33.6 Å². The fourth-order valence-corrected chi connectivity index (χ4v) is 2.18. The maximum Gasteiger partial charge on any atom is 0.00195 e. The second kappa shape index (κ2) is 4.86. The first-order chi connectivity index (χ1) is 5.76. The lowest BCUT2D eigenvalue weighted by atomic mass is 9.95. The molecule has 0 aromatic heterocycles. The third-order valence-corrected chi connectivity index (χ3v) is 2.93. The van der Waals surface area contributed by atoms with Gasteiger partial charge in [-0.2, -0.15) is 0 Å². The van der Waals surface area contributed by atoms with Crippen LogP contribution in [0.2, 0.25) is 0 Å². The highest BCUT2D eigenvalue weighted by Crippen LogP contribution is 2.19. The lowest BCUT2D eigenvalue weighted by Crippen LogP contribution is -2.47. The van der Waals surface area contributed by atoms with Gasteiger partial charge in [0, 0.05) is 19.6 Å². The molecule has 0 spiro atoms. The molecular weight excluding hydrogens is 146 g/mol. The Bertz CT molecular complexity index is 116. The molecule has 1 nitrogen and oxygen atoms in total. The van der Waals surface area contributed by atoms with Crippen molar-refractivity contribution in [2.45, 2.75) is 40.0 Å². The van der Waals surface area contributed by atoms with Crippen molar-refractivity contribution < 1.29 is 0 Å². The molecule has 12 heavy (non-hydrogen) atoms. The Morgan fingerprint density at radius 2 is 2.00 bits per heavy atom. The van der Waals surface area contributed by atoms with Crippen molar-refractivity contribution in [3.05, 3.63) is 0 Å². The van der Waals surface area contributed by atoms with Gasteiger partial charge in [-0.15, -0.1) is 0 Å². The monoisotopic (exact) mass is 169 g/mol. The van der Waals surface area contributed by atoms with E-state index in [2.05, 4.69) is 25.7 Å². The van der Waals surface area contributed by atoms with Gasteiger partial charge in [0.1, 0.15) is 0 Å². The first-order valence-electron chi connectivity index (χ1n) is 5.48. The van der Waals surface area contributed by atoms with Gasteiger partial charge in [-0.3, -0.25) is 0 Å². The molecule has 1 unspecified atom stereocenters. The summed E-state index contributed by atoms with van der Waals surface area (Å²) in [5, 5.41) is 0. The molecule has 1 fully saturated rings. The lowest BCUT2D eigenvalue weighted by molar-refractivity contribution is 0.0891. The fourth-order valence-electron chi connectivity index (χ4n) is 2.18. The highest BCUT2D eigenvalue weighted by molar-refractivity contribution is 4.77. The second-order valence-electron chi connectivity index (χ2n) is 4.39. The SMILES string of the molecule is CCCC(CC)CN1CC(C)C1. The summed E-state index contributed by atoms with van der Waals surface area (Å²) in [7, 11) is 0. The standard InChI is InChI=1S/C11H23N/c1-4-6-11(5-2)9-12-7-10(3)8-12/h10-11H,4-9H2,1-3H3. The van der Waals surface area contributed by atoms with Gasteiger partial charge in [0.05, 0.1) is 0 Å². The van der Waals surface area contributed by atoms with Crippen molar-refractivity contribution in [1.82, 2.24) is 4.90 Å². The molecule has 1 saturated heterocycles. The van der Waals surface area contributed by atoms with Crippen LogP contribution in [0.3, 0.4) is 0 Å². The van der Waals surface area contributed by atoms with E-state index in [0.717, 1.165) is 11.8 Å². The van der Waals surface area contributed by atoms with Crippen LogP contribution in [0.5, 0.6) is 0 Å². The van der Waals surface area contributed by atoms with E-state index in [1.54, 1.807) is 0 Å².